The summed E-state index contributed by atoms with van der Waals surface area (Å²) in [5, 5.41) is 2.65. The Hall–Kier alpha value is -2.12. The lowest BCUT2D eigenvalue weighted by Gasteiger charge is -2.26. The predicted octanol–water partition coefficient (Wildman–Crippen LogP) is 1.65. The maximum atomic E-state index is 12.3. The number of alkyl carbamates (subject to hydrolysis) is 1. The molecule has 0 saturated heterocycles. The van der Waals surface area contributed by atoms with Gasteiger partial charge in [0, 0.05) is 27.1 Å². The molecule has 1 amide bonds. The fourth-order valence-corrected chi connectivity index (χ4v) is 2.97. The Morgan fingerprint density at radius 1 is 1.08 bits per heavy atom. The summed E-state index contributed by atoms with van der Waals surface area (Å²) in [4.78, 5) is 24.4. The maximum absolute atomic E-state index is 12.3. The topological polar surface area (TPSA) is 83.1 Å². The number of hydrogen-bond acceptors (Lipinski definition) is 6. The first-order valence-electron chi connectivity index (χ1n) is 7.67. The van der Waals surface area contributed by atoms with Gasteiger partial charge in [0.2, 0.25) is 0 Å². The Morgan fingerprint density at radius 3 is 2.17 bits per heavy atom. The molecule has 24 heavy (non-hydrogen) atoms. The van der Waals surface area contributed by atoms with Gasteiger partial charge in [-0.1, -0.05) is 30.3 Å². The minimum Gasteiger partial charge on any atom is -0.467 e. The van der Waals surface area contributed by atoms with Gasteiger partial charge in [0.05, 0.1) is 19.3 Å². The van der Waals surface area contributed by atoms with Crippen molar-refractivity contribution < 1.29 is 28.5 Å². The van der Waals surface area contributed by atoms with Crippen LogP contribution >= 0.6 is 0 Å². The minimum atomic E-state index is -1.22. The van der Waals surface area contributed by atoms with Crippen LogP contribution in [0.25, 0.3) is 0 Å². The van der Waals surface area contributed by atoms with E-state index in [1.807, 2.05) is 30.3 Å². The van der Waals surface area contributed by atoms with E-state index in [9.17, 15) is 9.59 Å². The highest BCUT2D eigenvalue weighted by Crippen LogP contribution is 2.35. The van der Waals surface area contributed by atoms with Gasteiger partial charge >= 0.3 is 12.1 Å². The molecule has 132 valence electrons. The number of carbonyl (C=O) groups excluding carboxylic acids is 2. The molecule has 2 atom stereocenters. The number of nitrogens with one attached hydrogen (secondary N) is 1. The minimum absolute atomic E-state index is 0.116. The van der Waals surface area contributed by atoms with Gasteiger partial charge in [-0.25, -0.2) is 9.59 Å². The number of amides is 1. The number of benzene rings is 1. The van der Waals surface area contributed by atoms with Crippen molar-refractivity contribution in [1.82, 2.24) is 5.32 Å². The van der Waals surface area contributed by atoms with Crippen molar-refractivity contribution in [3.05, 3.63) is 35.9 Å². The molecule has 1 saturated carbocycles. The van der Waals surface area contributed by atoms with Gasteiger partial charge in [0.25, 0.3) is 0 Å². The van der Waals surface area contributed by atoms with Crippen LogP contribution < -0.4 is 5.32 Å². The monoisotopic (exact) mass is 337 g/mol. The van der Waals surface area contributed by atoms with E-state index in [2.05, 4.69) is 5.32 Å². The van der Waals surface area contributed by atoms with Crippen molar-refractivity contribution in [3.63, 3.8) is 0 Å². The van der Waals surface area contributed by atoms with Crippen molar-refractivity contribution in [2.45, 2.75) is 37.2 Å². The van der Waals surface area contributed by atoms with Gasteiger partial charge in [0.1, 0.15) is 12.1 Å². The molecular weight excluding hydrogens is 314 g/mol. The quantitative estimate of drug-likeness (QED) is 0.795. The molecule has 0 bridgehead atoms. The smallest absolute Gasteiger partial charge is 0.408 e. The van der Waals surface area contributed by atoms with Crippen LogP contribution in [0.1, 0.15) is 18.4 Å². The zero-order valence-electron chi connectivity index (χ0n) is 14.1. The molecule has 0 spiro atoms. The van der Waals surface area contributed by atoms with Gasteiger partial charge in [-0.15, -0.1) is 0 Å². The summed E-state index contributed by atoms with van der Waals surface area (Å²) in [6, 6.07) is 9.29. The average Bonchev–Trinajstić information content (AvgIpc) is 2.99. The van der Waals surface area contributed by atoms with E-state index in [0.29, 0.717) is 0 Å². The summed E-state index contributed by atoms with van der Waals surface area (Å²) in [7, 11) is 4.36. The van der Waals surface area contributed by atoms with E-state index < -0.39 is 17.6 Å². The van der Waals surface area contributed by atoms with Crippen LogP contribution in [-0.2, 0) is 30.3 Å². The molecule has 2 rings (SSSR count). The van der Waals surface area contributed by atoms with E-state index in [4.69, 9.17) is 18.9 Å². The molecule has 7 nitrogen and oxygen atoms in total. The van der Waals surface area contributed by atoms with Crippen LogP contribution in [0.3, 0.4) is 0 Å². The second-order valence-electron chi connectivity index (χ2n) is 5.72. The molecule has 0 heterocycles. The maximum Gasteiger partial charge on any atom is 0.408 e. The van der Waals surface area contributed by atoms with Gasteiger partial charge in [0.15, 0.2) is 0 Å². The van der Waals surface area contributed by atoms with Crippen molar-refractivity contribution >= 4 is 12.1 Å². The van der Waals surface area contributed by atoms with E-state index in [1.165, 1.54) is 21.3 Å². The van der Waals surface area contributed by atoms with Gasteiger partial charge in [-0.2, -0.15) is 0 Å². The van der Waals surface area contributed by atoms with Crippen molar-refractivity contribution in [3.8, 4) is 0 Å². The third kappa shape index (κ3) is 4.04. The number of esters is 1. The fraction of sp³-hybridized carbons (Fsp3) is 0.529. The molecule has 1 aromatic carbocycles. The highest BCUT2D eigenvalue weighted by Gasteiger charge is 2.53. The highest BCUT2D eigenvalue weighted by atomic mass is 16.6. The number of ether oxygens (including phenoxy) is 4. The summed E-state index contributed by atoms with van der Waals surface area (Å²) >= 11 is 0. The Bertz CT molecular complexity index is 549. The summed E-state index contributed by atoms with van der Waals surface area (Å²) in [6.45, 7) is 0.116. The number of hydrogen-bond donors (Lipinski definition) is 1. The van der Waals surface area contributed by atoms with Crippen LogP contribution in [0.5, 0.6) is 0 Å². The first-order chi connectivity index (χ1) is 11.5. The van der Waals surface area contributed by atoms with Crippen LogP contribution in [0.15, 0.2) is 30.3 Å². The zero-order chi connectivity index (χ0) is 17.6. The SMILES string of the molecule is COC(=O)C1(NC(=O)OCc2ccccc2)C[C@H](OC)[C@@H](OC)C1. The van der Waals surface area contributed by atoms with E-state index in [-0.39, 0.29) is 31.7 Å². The molecular formula is C17H23NO6. The molecule has 1 aromatic rings. The van der Waals surface area contributed by atoms with Gasteiger partial charge in [-0.05, 0) is 5.56 Å². The van der Waals surface area contributed by atoms with Crippen LogP contribution in [-0.4, -0.2) is 51.1 Å². The van der Waals surface area contributed by atoms with Crippen molar-refractivity contribution in [2.24, 2.45) is 0 Å². The Morgan fingerprint density at radius 2 is 1.67 bits per heavy atom. The second-order valence-corrected chi connectivity index (χ2v) is 5.72. The first kappa shape index (κ1) is 18.2. The number of carbonyl (C=O) groups is 2. The summed E-state index contributed by atoms with van der Waals surface area (Å²) in [5.41, 5.74) is -0.361. The largest absolute Gasteiger partial charge is 0.467 e. The van der Waals surface area contributed by atoms with Gasteiger partial charge in [-0.3, -0.25) is 0 Å². The highest BCUT2D eigenvalue weighted by molar-refractivity contribution is 5.86. The Balaban J connectivity index is 2.04. The third-order valence-electron chi connectivity index (χ3n) is 4.25. The number of methoxy groups -OCH3 is 3. The molecule has 7 heteroatoms. The zero-order valence-corrected chi connectivity index (χ0v) is 14.1. The molecule has 1 aliphatic rings. The fourth-order valence-electron chi connectivity index (χ4n) is 2.97. The molecule has 0 unspecified atom stereocenters. The molecule has 0 aromatic heterocycles. The van der Waals surface area contributed by atoms with Crippen LogP contribution in [0.4, 0.5) is 4.79 Å². The summed E-state index contributed by atoms with van der Waals surface area (Å²) in [5.74, 6) is -0.541. The lowest BCUT2D eigenvalue weighted by atomic mass is 9.97. The molecule has 1 aliphatic carbocycles. The second kappa shape index (κ2) is 8.12. The summed E-state index contributed by atoms with van der Waals surface area (Å²) in [6.07, 6.45) is -0.799. The summed E-state index contributed by atoms with van der Waals surface area (Å²) < 4.78 is 20.8. The molecule has 1 N–H and O–H groups in total. The Labute approximate surface area is 141 Å². The van der Waals surface area contributed by atoms with Crippen molar-refractivity contribution in [2.75, 3.05) is 21.3 Å². The van der Waals surface area contributed by atoms with E-state index in [1.54, 1.807) is 0 Å². The predicted molar refractivity (Wildman–Crippen MR) is 85.3 cm³/mol. The van der Waals surface area contributed by atoms with E-state index in [0.717, 1.165) is 5.56 Å². The van der Waals surface area contributed by atoms with Crippen LogP contribution in [0, 0.1) is 0 Å². The standard InChI is InChI=1S/C17H23NO6/c1-21-13-9-17(15(19)23-3,10-14(13)22-2)18-16(20)24-11-12-7-5-4-6-8-12/h4-8,13-14H,9-11H2,1-3H3,(H,18,20)/t13-,14-/m0/s1. The molecule has 1 fully saturated rings. The molecule has 0 radical (unpaired) electrons. The van der Waals surface area contributed by atoms with Gasteiger partial charge < -0.3 is 24.3 Å². The first-order valence-corrected chi connectivity index (χ1v) is 7.67. The van der Waals surface area contributed by atoms with Crippen LogP contribution in [0.2, 0.25) is 0 Å². The average molecular weight is 337 g/mol. The van der Waals surface area contributed by atoms with Crippen molar-refractivity contribution in [1.29, 1.82) is 0 Å². The lowest BCUT2D eigenvalue weighted by molar-refractivity contribution is -0.148. The third-order valence-corrected chi connectivity index (χ3v) is 4.25. The lowest BCUT2D eigenvalue weighted by Crippen LogP contribution is -2.54. The normalized spacial score (nSPS) is 22.0. The number of rotatable bonds is 6. The Kier molecular flexibility index (Phi) is 6.16. The molecule has 0 aliphatic heterocycles. The van der Waals surface area contributed by atoms with E-state index >= 15 is 0 Å².